The average Bonchev–Trinajstić information content (AvgIpc) is 2.96. The molecule has 2 aromatic rings. The standard InChI is InChI=1S/C17H20ClN3O3S/c1-2-23-16(22)12-7-9-20(10-8-12)11-21-17(25)24-15(19-21)13-5-3-4-6-14(13)18/h3-6,12H,2,7-11H2,1H3. The highest BCUT2D eigenvalue weighted by Gasteiger charge is 2.26. The molecule has 1 aliphatic rings. The van der Waals surface area contributed by atoms with Crippen molar-refractivity contribution in [3.8, 4) is 11.5 Å². The number of rotatable bonds is 5. The number of hydrogen-bond acceptors (Lipinski definition) is 6. The minimum atomic E-state index is -0.0961. The monoisotopic (exact) mass is 381 g/mol. The van der Waals surface area contributed by atoms with Crippen molar-refractivity contribution in [2.45, 2.75) is 26.4 Å². The molecule has 1 aromatic carbocycles. The zero-order valence-electron chi connectivity index (χ0n) is 14.0. The Morgan fingerprint density at radius 3 is 2.80 bits per heavy atom. The van der Waals surface area contributed by atoms with Crippen LogP contribution in [0, 0.1) is 10.8 Å². The van der Waals surface area contributed by atoms with E-state index in [0.717, 1.165) is 31.5 Å². The molecule has 1 aliphatic heterocycles. The molecule has 3 rings (SSSR count). The van der Waals surface area contributed by atoms with Crippen LogP contribution >= 0.6 is 23.8 Å². The first-order valence-electron chi connectivity index (χ1n) is 8.30. The molecule has 1 fully saturated rings. The van der Waals surface area contributed by atoms with Gasteiger partial charge in [-0.15, -0.1) is 5.10 Å². The SMILES string of the molecule is CCOC(=O)C1CCN(Cn2nc(-c3ccccc3Cl)oc2=S)CC1. The average molecular weight is 382 g/mol. The van der Waals surface area contributed by atoms with E-state index < -0.39 is 0 Å². The van der Waals surface area contributed by atoms with E-state index in [1.165, 1.54) is 0 Å². The van der Waals surface area contributed by atoms with Crippen LogP contribution in [-0.4, -0.2) is 40.3 Å². The molecule has 2 heterocycles. The summed E-state index contributed by atoms with van der Waals surface area (Å²) in [5.41, 5.74) is 0.718. The van der Waals surface area contributed by atoms with Crippen LogP contribution in [0.3, 0.4) is 0 Å². The molecule has 0 radical (unpaired) electrons. The Hall–Kier alpha value is -1.70. The highest BCUT2D eigenvalue weighted by Crippen LogP contribution is 2.26. The van der Waals surface area contributed by atoms with Crippen molar-refractivity contribution >= 4 is 29.8 Å². The van der Waals surface area contributed by atoms with Crippen molar-refractivity contribution in [3.63, 3.8) is 0 Å². The van der Waals surface area contributed by atoms with Gasteiger partial charge in [-0.05, 0) is 44.1 Å². The summed E-state index contributed by atoms with van der Waals surface area (Å²) in [6, 6.07) is 7.36. The van der Waals surface area contributed by atoms with Crippen LogP contribution in [0.1, 0.15) is 19.8 Å². The lowest BCUT2D eigenvalue weighted by molar-refractivity contribution is -0.149. The number of esters is 1. The molecule has 1 aromatic heterocycles. The van der Waals surface area contributed by atoms with E-state index in [9.17, 15) is 4.79 Å². The minimum absolute atomic E-state index is 0.0137. The van der Waals surface area contributed by atoms with Gasteiger partial charge in [0.05, 0.1) is 29.8 Å². The van der Waals surface area contributed by atoms with E-state index >= 15 is 0 Å². The molecule has 0 atom stereocenters. The first kappa shape index (κ1) is 18.1. The number of piperidine rings is 1. The largest absolute Gasteiger partial charge is 0.466 e. The second-order valence-corrected chi connectivity index (χ2v) is 6.69. The smallest absolute Gasteiger partial charge is 0.309 e. The topological polar surface area (TPSA) is 60.5 Å². The Morgan fingerprint density at radius 1 is 1.40 bits per heavy atom. The van der Waals surface area contributed by atoms with Crippen LogP contribution in [0.15, 0.2) is 28.7 Å². The number of likely N-dealkylation sites (tertiary alicyclic amines) is 1. The van der Waals surface area contributed by atoms with Crippen LogP contribution in [0.5, 0.6) is 0 Å². The molecule has 6 nitrogen and oxygen atoms in total. The number of aromatic nitrogens is 2. The molecular weight excluding hydrogens is 362 g/mol. The zero-order chi connectivity index (χ0) is 17.8. The highest BCUT2D eigenvalue weighted by molar-refractivity contribution is 7.71. The Bertz CT molecular complexity index is 796. The summed E-state index contributed by atoms with van der Waals surface area (Å²) in [4.78, 5) is 14.3. The summed E-state index contributed by atoms with van der Waals surface area (Å²) in [6.07, 6.45) is 1.56. The number of halogens is 1. The summed E-state index contributed by atoms with van der Waals surface area (Å²) in [6.45, 7) is 4.37. The molecule has 0 bridgehead atoms. The Kier molecular flexibility index (Phi) is 5.88. The third kappa shape index (κ3) is 4.29. The van der Waals surface area contributed by atoms with Crippen molar-refractivity contribution in [2.24, 2.45) is 5.92 Å². The fourth-order valence-electron chi connectivity index (χ4n) is 2.90. The molecular formula is C17H20ClN3O3S. The molecule has 0 N–H and O–H groups in total. The third-order valence-corrected chi connectivity index (χ3v) is 4.88. The van der Waals surface area contributed by atoms with E-state index in [2.05, 4.69) is 10.00 Å². The summed E-state index contributed by atoms with van der Waals surface area (Å²) < 4.78 is 12.3. The van der Waals surface area contributed by atoms with Crippen LogP contribution in [0.2, 0.25) is 5.02 Å². The van der Waals surface area contributed by atoms with Gasteiger partial charge in [0.1, 0.15) is 0 Å². The number of carbonyl (C=O) groups is 1. The molecule has 0 spiro atoms. The Labute approximate surface area is 156 Å². The van der Waals surface area contributed by atoms with Gasteiger partial charge in [0.2, 0.25) is 5.89 Å². The zero-order valence-corrected chi connectivity index (χ0v) is 15.6. The summed E-state index contributed by atoms with van der Waals surface area (Å²) in [5.74, 6) is 0.304. The van der Waals surface area contributed by atoms with Gasteiger partial charge in [-0.2, -0.15) is 0 Å². The van der Waals surface area contributed by atoms with Crippen molar-refractivity contribution < 1.29 is 13.9 Å². The van der Waals surface area contributed by atoms with E-state index in [1.54, 1.807) is 10.7 Å². The van der Waals surface area contributed by atoms with Gasteiger partial charge in [-0.3, -0.25) is 9.69 Å². The lowest BCUT2D eigenvalue weighted by Crippen LogP contribution is -2.38. The number of hydrogen-bond donors (Lipinski definition) is 0. The maximum absolute atomic E-state index is 11.8. The fraction of sp³-hybridized carbons (Fsp3) is 0.471. The van der Waals surface area contributed by atoms with Gasteiger partial charge in [-0.1, -0.05) is 23.7 Å². The molecule has 1 saturated heterocycles. The van der Waals surface area contributed by atoms with E-state index in [1.807, 2.05) is 25.1 Å². The maximum atomic E-state index is 11.8. The fourth-order valence-corrected chi connectivity index (χ4v) is 3.29. The number of nitrogens with zero attached hydrogens (tertiary/aromatic N) is 3. The first-order chi connectivity index (χ1) is 12.1. The summed E-state index contributed by atoms with van der Waals surface area (Å²) in [7, 11) is 0. The van der Waals surface area contributed by atoms with Crippen LogP contribution in [0.4, 0.5) is 0 Å². The normalized spacial score (nSPS) is 16.1. The maximum Gasteiger partial charge on any atom is 0.309 e. The quantitative estimate of drug-likeness (QED) is 0.580. The molecule has 134 valence electrons. The lowest BCUT2D eigenvalue weighted by atomic mass is 9.97. The molecule has 8 heteroatoms. The van der Waals surface area contributed by atoms with Gasteiger partial charge in [0.15, 0.2) is 0 Å². The minimum Gasteiger partial charge on any atom is -0.466 e. The number of benzene rings is 1. The highest BCUT2D eigenvalue weighted by atomic mass is 35.5. The predicted molar refractivity (Wildman–Crippen MR) is 96.7 cm³/mol. The van der Waals surface area contributed by atoms with Gasteiger partial charge < -0.3 is 9.15 Å². The Balaban J connectivity index is 1.64. The van der Waals surface area contributed by atoms with Gasteiger partial charge in [-0.25, -0.2) is 4.68 Å². The summed E-state index contributed by atoms with van der Waals surface area (Å²) in [5, 5.41) is 5.02. The number of ether oxygens (including phenoxy) is 1. The van der Waals surface area contributed by atoms with E-state index in [-0.39, 0.29) is 11.9 Å². The molecule has 25 heavy (non-hydrogen) atoms. The van der Waals surface area contributed by atoms with E-state index in [0.29, 0.717) is 29.0 Å². The van der Waals surface area contributed by atoms with Crippen molar-refractivity contribution in [1.29, 1.82) is 0 Å². The van der Waals surface area contributed by atoms with Crippen LogP contribution in [0.25, 0.3) is 11.5 Å². The van der Waals surface area contributed by atoms with Crippen molar-refractivity contribution in [2.75, 3.05) is 19.7 Å². The van der Waals surface area contributed by atoms with Crippen molar-refractivity contribution in [1.82, 2.24) is 14.7 Å². The van der Waals surface area contributed by atoms with Crippen LogP contribution in [-0.2, 0) is 16.2 Å². The summed E-state index contributed by atoms with van der Waals surface area (Å²) >= 11 is 11.5. The predicted octanol–water partition coefficient (Wildman–Crippen LogP) is 3.76. The van der Waals surface area contributed by atoms with Gasteiger partial charge in [0.25, 0.3) is 4.84 Å². The van der Waals surface area contributed by atoms with Gasteiger partial charge >= 0.3 is 5.97 Å². The third-order valence-electron chi connectivity index (χ3n) is 4.25. The molecule has 0 aliphatic carbocycles. The molecule has 0 amide bonds. The Morgan fingerprint density at radius 2 is 2.12 bits per heavy atom. The first-order valence-corrected chi connectivity index (χ1v) is 9.09. The lowest BCUT2D eigenvalue weighted by Gasteiger charge is -2.30. The second kappa shape index (κ2) is 8.12. The van der Waals surface area contributed by atoms with Crippen LogP contribution < -0.4 is 0 Å². The number of carbonyl (C=O) groups excluding carboxylic acids is 1. The van der Waals surface area contributed by atoms with E-state index in [4.69, 9.17) is 33.0 Å². The second-order valence-electron chi connectivity index (χ2n) is 5.94. The molecule has 0 unspecified atom stereocenters. The van der Waals surface area contributed by atoms with Gasteiger partial charge in [0, 0.05) is 13.1 Å². The molecule has 0 saturated carbocycles. The van der Waals surface area contributed by atoms with Crippen molar-refractivity contribution in [3.05, 3.63) is 34.1 Å².